The number of rotatable bonds is 4. The summed E-state index contributed by atoms with van der Waals surface area (Å²) in [4.78, 5) is 0. The fraction of sp³-hybridized carbons (Fsp3) is 0.429. The lowest BCUT2D eigenvalue weighted by Gasteiger charge is -2.37. The molecule has 2 unspecified atom stereocenters. The Morgan fingerprint density at radius 2 is 1.70 bits per heavy atom. The van der Waals surface area contributed by atoms with Crippen molar-refractivity contribution in [2.75, 3.05) is 0 Å². The van der Waals surface area contributed by atoms with Gasteiger partial charge in [-0.15, -0.1) is 0 Å². The summed E-state index contributed by atoms with van der Waals surface area (Å²) < 4.78 is 5.89. The molecule has 0 bridgehead atoms. The number of ether oxygens (including phenoxy) is 1. The molecule has 6 heteroatoms. The van der Waals surface area contributed by atoms with E-state index in [9.17, 15) is 5.11 Å². The predicted molar refractivity (Wildman–Crippen MR) is 78.6 cm³/mol. The third-order valence-corrected chi connectivity index (χ3v) is 3.24. The minimum atomic E-state index is -0.710. The van der Waals surface area contributed by atoms with E-state index in [0.717, 1.165) is 0 Å². The van der Waals surface area contributed by atoms with Crippen LogP contribution in [-0.2, 0) is 0 Å². The van der Waals surface area contributed by atoms with E-state index in [0.29, 0.717) is 10.8 Å². The zero-order valence-electron chi connectivity index (χ0n) is 11.8. The number of benzene rings is 1. The van der Waals surface area contributed by atoms with Gasteiger partial charge < -0.3 is 20.7 Å². The molecule has 0 amide bonds. The van der Waals surface area contributed by atoms with E-state index in [1.165, 1.54) is 0 Å². The minimum Gasteiger partial charge on any atom is -0.469 e. The quantitative estimate of drug-likeness (QED) is 0.796. The van der Waals surface area contributed by atoms with Gasteiger partial charge in [0.05, 0.1) is 0 Å². The van der Waals surface area contributed by atoms with Crippen molar-refractivity contribution in [2.24, 2.45) is 5.41 Å². The van der Waals surface area contributed by atoms with Crippen molar-refractivity contribution in [3.8, 4) is 5.75 Å². The summed E-state index contributed by atoms with van der Waals surface area (Å²) in [6, 6.07) is 7.05. The number of halogens is 1. The number of hydrazine groups is 2. The molecule has 2 rings (SSSR count). The van der Waals surface area contributed by atoms with Gasteiger partial charge in [0.25, 0.3) is 0 Å². The van der Waals surface area contributed by atoms with Crippen LogP contribution in [0.1, 0.15) is 20.8 Å². The first-order valence-corrected chi connectivity index (χ1v) is 6.82. The Morgan fingerprint density at radius 1 is 1.15 bits per heavy atom. The highest BCUT2D eigenvalue weighted by atomic mass is 35.5. The number of hydrogen-bond acceptors (Lipinski definition) is 5. The molecule has 0 saturated carbocycles. The van der Waals surface area contributed by atoms with Gasteiger partial charge in [0.2, 0.25) is 6.23 Å². The Hall–Kier alpha value is -1.43. The van der Waals surface area contributed by atoms with Crippen LogP contribution in [0.25, 0.3) is 0 Å². The molecule has 2 atom stereocenters. The summed E-state index contributed by atoms with van der Waals surface area (Å²) in [6.07, 6.45) is 2.16. The predicted octanol–water partition coefficient (Wildman–Crippen LogP) is 2.25. The number of hydrogen-bond donors (Lipinski definition) is 3. The highest BCUT2D eigenvalue weighted by Gasteiger charge is 2.37. The standard InChI is InChI=1S/C14H20ClN3O2/c1-14(2,3)12(19)13(18-16-8-9-17-18)20-11-6-4-10(15)5-7-11/h4-9,12-13,16-17,19H,1-3H3. The monoisotopic (exact) mass is 297 g/mol. The van der Waals surface area contributed by atoms with Crippen molar-refractivity contribution < 1.29 is 9.84 Å². The number of nitrogens with zero attached hydrogens (tertiary/aromatic N) is 1. The van der Waals surface area contributed by atoms with Crippen molar-refractivity contribution in [1.29, 1.82) is 0 Å². The van der Waals surface area contributed by atoms with Crippen molar-refractivity contribution >= 4 is 11.6 Å². The lowest BCUT2D eigenvalue weighted by Crippen LogP contribution is -2.58. The SMILES string of the molecule is CC(C)(C)C(O)C(Oc1ccc(Cl)cc1)N1NC=CN1. The maximum atomic E-state index is 10.5. The van der Waals surface area contributed by atoms with E-state index in [4.69, 9.17) is 16.3 Å². The smallest absolute Gasteiger partial charge is 0.213 e. The van der Waals surface area contributed by atoms with Crippen LogP contribution in [0, 0.1) is 5.41 Å². The van der Waals surface area contributed by atoms with Gasteiger partial charge >= 0.3 is 0 Å². The van der Waals surface area contributed by atoms with Crippen LogP contribution in [0.15, 0.2) is 36.7 Å². The maximum Gasteiger partial charge on any atom is 0.213 e. The van der Waals surface area contributed by atoms with E-state index >= 15 is 0 Å². The first-order valence-electron chi connectivity index (χ1n) is 6.45. The fourth-order valence-corrected chi connectivity index (χ4v) is 1.88. The molecule has 1 aromatic carbocycles. The molecule has 1 aromatic rings. The van der Waals surface area contributed by atoms with E-state index in [1.807, 2.05) is 20.8 Å². The third-order valence-electron chi connectivity index (χ3n) is 2.99. The van der Waals surface area contributed by atoms with Gasteiger partial charge in [-0.25, -0.2) is 0 Å². The highest BCUT2D eigenvalue weighted by Crippen LogP contribution is 2.26. The summed E-state index contributed by atoms with van der Waals surface area (Å²) in [7, 11) is 0. The van der Waals surface area contributed by atoms with Crippen molar-refractivity contribution in [3.05, 3.63) is 41.7 Å². The van der Waals surface area contributed by atoms with Crippen LogP contribution < -0.4 is 15.6 Å². The van der Waals surface area contributed by atoms with Gasteiger partial charge in [0.1, 0.15) is 11.9 Å². The molecule has 1 aliphatic heterocycles. The summed E-state index contributed by atoms with van der Waals surface area (Å²) in [5.74, 6) is 0.637. The number of nitrogens with one attached hydrogen (secondary N) is 2. The molecule has 0 spiro atoms. The average molecular weight is 298 g/mol. The van der Waals surface area contributed by atoms with Crippen molar-refractivity contribution in [1.82, 2.24) is 16.0 Å². The second-order valence-electron chi connectivity index (χ2n) is 5.73. The summed E-state index contributed by atoms with van der Waals surface area (Å²) in [5.41, 5.74) is 5.61. The molecule has 110 valence electrons. The lowest BCUT2D eigenvalue weighted by molar-refractivity contribution is -0.130. The summed E-state index contributed by atoms with van der Waals surface area (Å²) >= 11 is 5.86. The van der Waals surface area contributed by atoms with Gasteiger partial charge in [0, 0.05) is 17.4 Å². The molecule has 0 radical (unpaired) electrons. The molecule has 0 fully saturated rings. The van der Waals surface area contributed by atoms with Crippen LogP contribution in [0.5, 0.6) is 5.75 Å². The first-order chi connectivity index (χ1) is 9.38. The molecule has 1 aliphatic rings. The summed E-state index contributed by atoms with van der Waals surface area (Å²) in [6.45, 7) is 5.87. The zero-order chi connectivity index (χ0) is 14.8. The molecule has 0 saturated heterocycles. The normalized spacial score (nSPS) is 18.2. The Labute approximate surface area is 124 Å². The maximum absolute atomic E-state index is 10.5. The molecule has 3 N–H and O–H groups in total. The van der Waals surface area contributed by atoms with Gasteiger partial charge in [0.15, 0.2) is 0 Å². The van der Waals surface area contributed by atoms with E-state index in [2.05, 4.69) is 10.9 Å². The number of aliphatic hydroxyl groups excluding tert-OH is 1. The van der Waals surface area contributed by atoms with Crippen molar-refractivity contribution in [3.63, 3.8) is 0 Å². The minimum absolute atomic E-state index is 0.330. The third kappa shape index (κ3) is 3.56. The first kappa shape index (κ1) is 15.0. The largest absolute Gasteiger partial charge is 0.469 e. The summed E-state index contributed by atoms with van der Waals surface area (Å²) in [5, 5.41) is 12.8. The highest BCUT2D eigenvalue weighted by molar-refractivity contribution is 6.30. The van der Waals surface area contributed by atoms with Crippen LogP contribution in [-0.4, -0.2) is 22.6 Å². The van der Waals surface area contributed by atoms with Crippen LogP contribution in [0.2, 0.25) is 5.02 Å². The molecule has 1 heterocycles. The fourth-order valence-electron chi connectivity index (χ4n) is 1.76. The number of aliphatic hydroxyl groups is 1. The Kier molecular flexibility index (Phi) is 4.42. The van der Waals surface area contributed by atoms with Gasteiger partial charge in [-0.2, -0.15) is 0 Å². The molecule has 20 heavy (non-hydrogen) atoms. The zero-order valence-corrected chi connectivity index (χ0v) is 12.6. The van der Waals surface area contributed by atoms with Crippen molar-refractivity contribution in [2.45, 2.75) is 33.1 Å². The second kappa shape index (κ2) is 5.91. The molecule has 0 aromatic heterocycles. The van der Waals surface area contributed by atoms with E-state index in [1.54, 1.807) is 41.8 Å². The van der Waals surface area contributed by atoms with Crippen LogP contribution >= 0.6 is 11.6 Å². The van der Waals surface area contributed by atoms with Crippen LogP contribution in [0.3, 0.4) is 0 Å². The van der Waals surface area contributed by atoms with Gasteiger partial charge in [-0.05, 0) is 29.7 Å². The Balaban J connectivity index is 2.16. The molecule has 5 nitrogen and oxygen atoms in total. The lowest BCUT2D eigenvalue weighted by atomic mass is 9.88. The Morgan fingerprint density at radius 3 is 2.20 bits per heavy atom. The van der Waals surface area contributed by atoms with Crippen LogP contribution in [0.4, 0.5) is 0 Å². The average Bonchev–Trinajstić information content (AvgIpc) is 2.90. The van der Waals surface area contributed by atoms with Gasteiger partial charge in [-0.1, -0.05) is 37.5 Å². The van der Waals surface area contributed by atoms with E-state index < -0.39 is 12.3 Å². The molecule has 0 aliphatic carbocycles. The second-order valence-corrected chi connectivity index (χ2v) is 6.17. The Bertz CT molecular complexity index is 462. The van der Waals surface area contributed by atoms with E-state index in [-0.39, 0.29) is 5.41 Å². The topological polar surface area (TPSA) is 56.8 Å². The molecular weight excluding hydrogens is 278 g/mol. The molecular formula is C14H20ClN3O2. The van der Waals surface area contributed by atoms with Gasteiger partial charge in [-0.3, -0.25) is 0 Å².